The van der Waals surface area contributed by atoms with Gasteiger partial charge in [0.1, 0.15) is 4.88 Å². The van der Waals surface area contributed by atoms with E-state index in [1.54, 1.807) is 5.51 Å². The van der Waals surface area contributed by atoms with Gasteiger partial charge in [-0.15, -0.1) is 22.9 Å². The van der Waals surface area contributed by atoms with Gasteiger partial charge in [-0.2, -0.15) is 0 Å². The summed E-state index contributed by atoms with van der Waals surface area (Å²) >= 11 is 6.84. The number of amides is 1. The van der Waals surface area contributed by atoms with Gasteiger partial charge in [-0.1, -0.05) is 0 Å². The van der Waals surface area contributed by atoms with Crippen LogP contribution in [0.5, 0.6) is 0 Å². The molecule has 0 atom stereocenters. The van der Waals surface area contributed by atoms with Crippen molar-refractivity contribution in [2.24, 2.45) is 0 Å². The highest BCUT2D eigenvalue weighted by Gasteiger charge is 2.09. The molecule has 0 bridgehead atoms. The summed E-state index contributed by atoms with van der Waals surface area (Å²) in [5.74, 6) is 0.521. The number of aromatic nitrogens is 1. The molecular weight excluding hydrogens is 208 g/mol. The molecule has 3 nitrogen and oxygen atoms in total. The first-order valence-electron chi connectivity index (χ1n) is 4.00. The first-order valence-corrected chi connectivity index (χ1v) is 5.41. The molecule has 0 spiro atoms. The van der Waals surface area contributed by atoms with Crippen LogP contribution in [-0.4, -0.2) is 23.3 Å². The van der Waals surface area contributed by atoms with Crippen molar-refractivity contribution in [2.45, 2.75) is 13.3 Å². The number of aryl methyl sites for hydroxylation is 1. The van der Waals surface area contributed by atoms with Gasteiger partial charge in [0.2, 0.25) is 0 Å². The predicted octanol–water partition coefficient (Wildman–Crippen LogP) is 1.81. The minimum absolute atomic E-state index is 0.0508. The molecule has 1 amide bonds. The van der Waals surface area contributed by atoms with Crippen molar-refractivity contribution in [3.8, 4) is 0 Å². The fraction of sp³-hybridized carbons (Fsp3) is 0.500. The van der Waals surface area contributed by atoms with Crippen molar-refractivity contribution in [3.05, 3.63) is 16.1 Å². The topological polar surface area (TPSA) is 42.0 Å². The quantitative estimate of drug-likeness (QED) is 0.619. The molecule has 1 heterocycles. The molecule has 0 aliphatic heterocycles. The molecule has 0 aliphatic rings. The summed E-state index contributed by atoms with van der Waals surface area (Å²) in [4.78, 5) is 16.1. The highest BCUT2D eigenvalue weighted by atomic mass is 35.5. The van der Waals surface area contributed by atoms with E-state index in [1.165, 1.54) is 11.3 Å². The number of rotatable bonds is 4. The van der Waals surface area contributed by atoms with Gasteiger partial charge in [0, 0.05) is 12.4 Å². The zero-order valence-corrected chi connectivity index (χ0v) is 8.91. The van der Waals surface area contributed by atoms with Crippen LogP contribution in [0.2, 0.25) is 0 Å². The van der Waals surface area contributed by atoms with Crippen LogP contribution in [-0.2, 0) is 0 Å². The predicted molar refractivity (Wildman–Crippen MR) is 54.5 cm³/mol. The second-order valence-corrected chi connectivity index (χ2v) is 3.80. The number of nitrogens with zero attached hydrogens (tertiary/aromatic N) is 1. The number of carbonyl (C=O) groups is 1. The second kappa shape index (κ2) is 5.19. The van der Waals surface area contributed by atoms with E-state index in [-0.39, 0.29) is 5.91 Å². The van der Waals surface area contributed by atoms with E-state index in [0.717, 1.165) is 12.1 Å². The molecule has 13 heavy (non-hydrogen) atoms. The van der Waals surface area contributed by atoms with Crippen molar-refractivity contribution < 1.29 is 4.79 Å². The lowest BCUT2D eigenvalue weighted by Gasteiger charge is -2.01. The van der Waals surface area contributed by atoms with Crippen molar-refractivity contribution in [1.82, 2.24) is 10.3 Å². The molecule has 72 valence electrons. The van der Waals surface area contributed by atoms with Crippen LogP contribution < -0.4 is 5.32 Å². The fourth-order valence-electron chi connectivity index (χ4n) is 0.869. The van der Waals surface area contributed by atoms with E-state index >= 15 is 0 Å². The van der Waals surface area contributed by atoms with Crippen LogP contribution in [0.4, 0.5) is 0 Å². The Hall–Kier alpha value is -0.610. The second-order valence-electron chi connectivity index (χ2n) is 2.57. The summed E-state index contributed by atoms with van der Waals surface area (Å²) in [6.07, 6.45) is 0.797. The Morgan fingerprint density at radius 2 is 2.54 bits per heavy atom. The highest BCUT2D eigenvalue weighted by Crippen LogP contribution is 2.11. The number of alkyl halides is 1. The number of hydrogen-bond acceptors (Lipinski definition) is 3. The number of hydrogen-bond donors (Lipinski definition) is 1. The Labute approximate surface area is 86.1 Å². The van der Waals surface area contributed by atoms with Crippen LogP contribution in [0.25, 0.3) is 0 Å². The van der Waals surface area contributed by atoms with E-state index in [2.05, 4.69) is 10.3 Å². The molecule has 0 radical (unpaired) electrons. The van der Waals surface area contributed by atoms with Gasteiger partial charge < -0.3 is 5.32 Å². The maximum absolute atomic E-state index is 11.4. The lowest BCUT2D eigenvalue weighted by atomic mass is 10.3. The Kier molecular flexibility index (Phi) is 4.18. The molecule has 1 aromatic rings. The van der Waals surface area contributed by atoms with Crippen molar-refractivity contribution in [1.29, 1.82) is 0 Å². The maximum Gasteiger partial charge on any atom is 0.263 e. The van der Waals surface area contributed by atoms with E-state index in [4.69, 9.17) is 11.6 Å². The minimum atomic E-state index is -0.0508. The smallest absolute Gasteiger partial charge is 0.263 e. The Balaban J connectivity index is 2.45. The molecule has 5 heteroatoms. The van der Waals surface area contributed by atoms with Crippen molar-refractivity contribution in [3.63, 3.8) is 0 Å². The van der Waals surface area contributed by atoms with Gasteiger partial charge >= 0.3 is 0 Å². The normalized spacial score (nSPS) is 10.0. The van der Waals surface area contributed by atoms with Gasteiger partial charge in [0.15, 0.2) is 0 Å². The van der Waals surface area contributed by atoms with Gasteiger partial charge in [0.05, 0.1) is 11.2 Å². The summed E-state index contributed by atoms with van der Waals surface area (Å²) in [7, 11) is 0. The van der Waals surface area contributed by atoms with E-state index < -0.39 is 0 Å². The zero-order valence-electron chi connectivity index (χ0n) is 7.34. The lowest BCUT2D eigenvalue weighted by molar-refractivity contribution is 0.0957. The van der Waals surface area contributed by atoms with Crippen molar-refractivity contribution >= 4 is 28.8 Å². The Morgan fingerprint density at radius 3 is 3.08 bits per heavy atom. The number of halogens is 1. The molecule has 0 fully saturated rings. The van der Waals surface area contributed by atoms with Crippen molar-refractivity contribution in [2.75, 3.05) is 12.4 Å². The average molecular weight is 219 g/mol. The van der Waals surface area contributed by atoms with Gasteiger partial charge in [-0.05, 0) is 13.3 Å². The summed E-state index contributed by atoms with van der Waals surface area (Å²) in [6.45, 7) is 2.45. The van der Waals surface area contributed by atoms with Gasteiger partial charge in [-0.3, -0.25) is 4.79 Å². The number of nitrogens with one attached hydrogen (secondary N) is 1. The summed E-state index contributed by atoms with van der Waals surface area (Å²) in [5.41, 5.74) is 2.46. The molecule has 1 N–H and O–H groups in total. The zero-order chi connectivity index (χ0) is 9.68. The molecule has 0 saturated heterocycles. The number of thiazole rings is 1. The van der Waals surface area contributed by atoms with E-state index in [0.29, 0.717) is 17.3 Å². The Bertz CT molecular complexity index is 287. The largest absolute Gasteiger partial charge is 0.351 e. The van der Waals surface area contributed by atoms with E-state index in [1.807, 2.05) is 6.92 Å². The lowest BCUT2D eigenvalue weighted by Crippen LogP contribution is -2.24. The van der Waals surface area contributed by atoms with E-state index in [9.17, 15) is 4.79 Å². The van der Waals surface area contributed by atoms with Crippen LogP contribution in [0.1, 0.15) is 21.8 Å². The molecular formula is C8H11ClN2OS. The fourth-order valence-corrected chi connectivity index (χ4v) is 1.72. The third-order valence-corrected chi connectivity index (χ3v) is 2.74. The van der Waals surface area contributed by atoms with Gasteiger partial charge in [0.25, 0.3) is 5.91 Å². The first-order chi connectivity index (χ1) is 6.25. The molecule has 0 saturated carbocycles. The first kappa shape index (κ1) is 10.5. The molecule has 0 aromatic carbocycles. The van der Waals surface area contributed by atoms with Crippen LogP contribution in [0.3, 0.4) is 0 Å². The SMILES string of the molecule is Cc1ncsc1C(=O)NCCCCl. The third-order valence-electron chi connectivity index (χ3n) is 1.55. The highest BCUT2D eigenvalue weighted by molar-refractivity contribution is 7.11. The monoisotopic (exact) mass is 218 g/mol. The van der Waals surface area contributed by atoms with Crippen LogP contribution in [0.15, 0.2) is 5.51 Å². The summed E-state index contributed by atoms with van der Waals surface area (Å²) in [6, 6.07) is 0. The number of carbonyl (C=O) groups excluding carboxylic acids is 1. The standard InChI is InChI=1S/C8H11ClN2OS/c1-6-7(13-5-11-6)8(12)10-4-2-3-9/h5H,2-4H2,1H3,(H,10,12). The minimum Gasteiger partial charge on any atom is -0.351 e. The molecule has 0 aliphatic carbocycles. The molecule has 1 aromatic heterocycles. The van der Waals surface area contributed by atoms with Gasteiger partial charge in [-0.25, -0.2) is 4.98 Å². The average Bonchev–Trinajstić information content (AvgIpc) is 2.52. The molecule has 0 unspecified atom stereocenters. The molecule has 1 rings (SSSR count). The third kappa shape index (κ3) is 2.97. The van der Waals surface area contributed by atoms with Crippen LogP contribution >= 0.6 is 22.9 Å². The Morgan fingerprint density at radius 1 is 1.77 bits per heavy atom. The summed E-state index contributed by atoms with van der Waals surface area (Å²) in [5, 5.41) is 2.77. The van der Waals surface area contributed by atoms with Crippen LogP contribution in [0, 0.1) is 6.92 Å². The summed E-state index contributed by atoms with van der Waals surface area (Å²) < 4.78 is 0. The maximum atomic E-state index is 11.4.